The standard InChI is InChI=1S/C22H25NO5/c1-4-13-26-19-11-7-17(8-12-19)23-21(24)22(2)14-27-20(28-15-22)16-5-9-18(25-3)10-6-16/h4-12,20H,1,13-15H2,2-3H3,(H,23,24). The molecule has 0 bridgehead atoms. The Morgan fingerprint density at radius 2 is 1.75 bits per heavy atom. The van der Waals surface area contributed by atoms with Crippen LogP contribution in [0.25, 0.3) is 0 Å². The van der Waals surface area contributed by atoms with Gasteiger partial charge in [-0.05, 0) is 43.3 Å². The molecule has 6 heteroatoms. The molecule has 28 heavy (non-hydrogen) atoms. The number of benzene rings is 2. The zero-order valence-electron chi connectivity index (χ0n) is 16.1. The highest BCUT2D eigenvalue weighted by molar-refractivity contribution is 5.95. The number of rotatable bonds is 7. The van der Waals surface area contributed by atoms with Crippen LogP contribution in [0.5, 0.6) is 11.5 Å². The highest BCUT2D eigenvalue weighted by Crippen LogP contribution is 2.33. The number of amides is 1. The first-order chi connectivity index (χ1) is 13.5. The molecule has 0 spiro atoms. The van der Waals surface area contributed by atoms with E-state index in [0.29, 0.717) is 12.3 Å². The van der Waals surface area contributed by atoms with Gasteiger partial charge in [0.05, 0.1) is 25.7 Å². The first kappa shape index (κ1) is 19.9. The molecule has 0 unspecified atom stereocenters. The quantitative estimate of drug-likeness (QED) is 0.734. The topological polar surface area (TPSA) is 66.0 Å². The maximum absolute atomic E-state index is 12.7. The molecule has 6 nitrogen and oxygen atoms in total. The Morgan fingerprint density at radius 3 is 2.32 bits per heavy atom. The van der Waals surface area contributed by atoms with Gasteiger partial charge >= 0.3 is 0 Å². The predicted molar refractivity (Wildman–Crippen MR) is 107 cm³/mol. The molecule has 2 aromatic carbocycles. The monoisotopic (exact) mass is 383 g/mol. The minimum Gasteiger partial charge on any atom is -0.497 e. The molecule has 0 saturated carbocycles. The van der Waals surface area contributed by atoms with Crippen molar-refractivity contribution in [1.29, 1.82) is 0 Å². The number of nitrogens with one attached hydrogen (secondary N) is 1. The molecular weight excluding hydrogens is 358 g/mol. The van der Waals surface area contributed by atoms with Crippen molar-refractivity contribution in [3.8, 4) is 11.5 Å². The average Bonchev–Trinajstić information content (AvgIpc) is 2.74. The van der Waals surface area contributed by atoms with E-state index in [0.717, 1.165) is 17.1 Å². The first-order valence-electron chi connectivity index (χ1n) is 9.06. The average molecular weight is 383 g/mol. The van der Waals surface area contributed by atoms with Gasteiger partial charge in [0.2, 0.25) is 5.91 Å². The molecule has 1 N–H and O–H groups in total. The lowest BCUT2D eigenvalue weighted by molar-refractivity contribution is -0.226. The summed E-state index contributed by atoms with van der Waals surface area (Å²) in [5, 5.41) is 2.91. The van der Waals surface area contributed by atoms with Gasteiger partial charge in [-0.2, -0.15) is 0 Å². The van der Waals surface area contributed by atoms with Gasteiger partial charge in [-0.25, -0.2) is 0 Å². The van der Waals surface area contributed by atoms with E-state index in [1.54, 1.807) is 37.5 Å². The van der Waals surface area contributed by atoms with E-state index in [1.807, 2.05) is 31.2 Å². The number of carbonyl (C=O) groups excluding carboxylic acids is 1. The number of hydrogen-bond donors (Lipinski definition) is 1. The fraction of sp³-hybridized carbons (Fsp3) is 0.318. The molecule has 0 aliphatic carbocycles. The van der Waals surface area contributed by atoms with E-state index in [1.165, 1.54) is 0 Å². The van der Waals surface area contributed by atoms with Crippen LogP contribution in [-0.4, -0.2) is 32.8 Å². The van der Waals surface area contributed by atoms with Crippen LogP contribution in [0.4, 0.5) is 5.69 Å². The predicted octanol–water partition coefficient (Wildman–Crippen LogP) is 3.95. The Hall–Kier alpha value is -2.83. The molecule has 148 valence electrons. The van der Waals surface area contributed by atoms with Crippen molar-refractivity contribution in [1.82, 2.24) is 0 Å². The highest BCUT2D eigenvalue weighted by atomic mass is 16.7. The second-order valence-corrected chi connectivity index (χ2v) is 6.87. The molecule has 1 saturated heterocycles. The zero-order chi connectivity index (χ0) is 20.0. The van der Waals surface area contributed by atoms with Crippen LogP contribution in [0.2, 0.25) is 0 Å². The Morgan fingerprint density at radius 1 is 1.14 bits per heavy atom. The Bertz CT molecular complexity index is 793. The molecule has 1 aliphatic heterocycles. The first-order valence-corrected chi connectivity index (χ1v) is 9.06. The fourth-order valence-electron chi connectivity index (χ4n) is 2.77. The molecule has 2 aromatic rings. The summed E-state index contributed by atoms with van der Waals surface area (Å²) >= 11 is 0. The van der Waals surface area contributed by atoms with Crippen LogP contribution in [0.1, 0.15) is 18.8 Å². The maximum Gasteiger partial charge on any atom is 0.234 e. The number of methoxy groups -OCH3 is 1. The summed E-state index contributed by atoms with van der Waals surface area (Å²) in [5.41, 5.74) is 0.800. The van der Waals surface area contributed by atoms with Crippen LogP contribution >= 0.6 is 0 Å². The third-order valence-corrected chi connectivity index (χ3v) is 4.52. The smallest absolute Gasteiger partial charge is 0.234 e. The van der Waals surface area contributed by atoms with E-state index >= 15 is 0 Å². The van der Waals surface area contributed by atoms with Crippen LogP contribution in [0.3, 0.4) is 0 Å². The number of carbonyl (C=O) groups is 1. The molecule has 1 fully saturated rings. The van der Waals surface area contributed by atoms with Crippen LogP contribution in [0.15, 0.2) is 61.2 Å². The lowest BCUT2D eigenvalue weighted by atomic mass is 9.90. The number of ether oxygens (including phenoxy) is 4. The van der Waals surface area contributed by atoms with E-state index in [2.05, 4.69) is 11.9 Å². The SMILES string of the molecule is C=CCOc1ccc(NC(=O)C2(C)COC(c3ccc(OC)cc3)OC2)cc1. The summed E-state index contributed by atoms with van der Waals surface area (Å²) < 4.78 is 22.2. The zero-order valence-corrected chi connectivity index (χ0v) is 16.1. The maximum atomic E-state index is 12.7. The Kier molecular flexibility index (Phi) is 6.34. The molecule has 0 atom stereocenters. The molecule has 1 amide bonds. The largest absolute Gasteiger partial charge is 0.497 e. The lowest BCUT2D eigenvalue weighted by Gasteiger charge is -2.36. The molecule has 0 aromatic heterocycles. The van der Waals surface area contributed by atoms with Crippen molar-refractivity contribution in [2.24, 2.45) is 5.41 Å². The third-order valence-electron chi connectivity index (χ3n) is 4.52. The second-order valence-electron chi connectivity index (χ2n) is 6.87. The second kappa shape index (κ2) is 8.91. The molecule has 0 radical (unpaired) electrons. The number of hydrogen-bond acceptors (Lipinski definition) is 5. The Balaban J connectivity index is 1.56. The van der Waals surface area contributed by atoms with Gasteiger partial charge in [-0.3, -0.25) is 4.79 Å². The highest BCUT2D eigenvalue weighted by Gasteiger charge is 2.39. The summed E-state index contributed by atoms with van der Waals surface area (Å²) in [6.07, 6.45) is 1.19. The van der Waals surface area contributed by atoms with Gasteiger partial charge in [0.15, 0.2) is 6.29 Å². The van der Waals surface area contributed by atoms with Gasteiger partial charge in [0, 0.05) is 11.3 Å². The molecular formula is C22H25NO5. The van der Waals surface area contributed by atoms with E-state index < -0.39 is 11.7 Å². The fourth-order valence-corrected chi connectivity index (χ4v) is 2.77. The summed E-state index contributed by atoms with van der Waals surface area (Å²) in [5.74, 6) is 1.33. The molecule has 3 rings (SSSR count). The van der Waals surface area contributed by atoms with Crippen molar-refractivity contribution in [2.75, 3.05) is 32.2 Å². The van der Waals surface area contributed by atoms with Crippen molar-refractivity contribution < 1.29 is 23.7 Å². The third kappa shape index (κ3) is 4.71. The van der Waals surface area contributed by atoms with Crippen molar-refractivity contribution in [3.63, 3.8) is 0 Å². The Labute approximate surface area is 165 Å². The minimum atomic E-state index is -0.777. The van der Waals surface area contributed by atoms with Gasteiger partial charge in [0.1, 0.15) is 18.1 Å². The van der Waals surface area contributed by atoms with Gasteiger partial charge in [0.25, 0.3) is 0 Å². The van der Waals surface area contributed by atoms with E-state index in [9.17, 15) is 4.79 Å². The number of anilines is 1. The summed E-state index contributed by atoms with van der Waals surface area (Å²) in [4.78, 5) is 12.7. The normalized spacial score (nSPS) is 21.6. The van der Waals surface area contributed by atoms with Gasteiger partial charge < -0.3 is 24.3 Å². The summed E-state index contributed by atoms with van der Waals surface area (Å²) in [6, 6.07) is 14.7. The van der Waals surface area contributed by atoms with E-state index in [4.69, 9.17) is 18.9 Å². The molecule has 1 aliphatic rings. The molecule has 1 heterocycles. The van der Waals surface area contributed by atoms with Gasteiger partial charge in [-0.15, -0.1) is 0 Å². The van der Waals surface area contributed by atoms with Crippen LogP contribution < -0.4 is 14.8 Å². The van der Waals surface area contributed by atoms with Crippen molar-refractivity contribution in [3.05, 3.63) is 66.7 Å². The van der Waals surface area contributed by atoms with Crippen molar-refractivity contribution >= 4 is 11.6 Å². The van der Waals surface area contributed by atoms with E-state index in [-0.39, 0.29) is 19.1 Å². The lowest BCUT2D eigenvalue weighted by Crippen LogP contribution is -2.45. The summed E-state index contributed by atoms with van der Waals surface area (Å²) in [6.45, 7) is 6.40. The van der Waals surface area contributed by atoms with Gasteiger partial charge in [-0.1, -0.05) is 24.8 Å². The van der Waals surface area contributed by atoms with Crippen molar-refractivity contribution in [2.45, 2.75) is 13.2 Å². The minimum absolute atomic E-state index is 0.152. The van der Waals surface area contributed by atoms with Crippen LogP contribution in [-0.2, 0) is 14.3 Å². The summed E-state index contributed by atoms with van der Waals surface area (Å²) in [7, 11) is 1.62. The van der Waals surface area contributed by atoms with Crippen LogP contribution in [0, 0.1) is 5.41 Å².